The average Bonchev–Trinajstić information content (AvgIpc) is 3.32. The number of Topliss-reactive ketones (excluding diaryl/α,β-unsaturated/α-hetero) is 1. The molecular weight excluding hydrogens is 384 g/mol. The normalized spacial score (nSPS) is 16.5. The third kappa shape index (κ3) is 3.22. The van der Waals surface area contributed by atoms with Crippen molar-refractivity contribution >= 4 is 22.7 Å². The minimum absolute atomic E-state index is 0.0205. The van der Waals surface area contributed by atoms with Gasteiger partial charge in [-0.2, -0.15) is 0 Å². The van der Waals surface area contributed by atoms with Crippen molar-refractivity contribution in [2.24, 2.45) is 0 Å². The minimum atomic E-state index is -0.771. The number of furan rings is 1. The van der Waals surface area contributed by atoms with Gasteiger partial charge < -0.3 is 19.2 Å². The molecule has 0 bridgehead atoms. The first-order valence-electron chi connectivity index (χ1n) is 9.83. The second-order valence-corrected chi connectivity index (χ2v) is 7.09. The molecule has 0 fully saturated rings. The summed E-state index contributed by atoms with van der Waals surface area (Å²) in [5.74, 6) is -1.15. The molecule has 0 radical (unpaired) electrons. The number of ketones is 1. The van der Waals surface area contributed by atoms with Crippen molar-refractivity contribution in [3.63, 3.8) is 0 Å². The maximum Gasteiger partial charge on any atom is 0.290 e. The Bertz CT molecular complexity index is 1130. The number of carbonyl (C=O) groups excluding carboxylic acids is 2. The summed E-state index contributed by atoms with van der Waals surface area (Å²) in [6, 6.07) is 11.4. The quantitative estimate of drug-likeness (QED) is 0.591. The number of aromatic nitrogens is 1. The van der Waals surface area contributed by atoms with Crippen LogP contribution in [0.1, 0.15) is 42.1 Å². The van der Waals surface area contributed by atoms with Gasteiger partial charge in [0.05, 0.1) is 18.4 Å². The van der Waals surface area contributed by atoms with Crippen LogP contribution in [0.4, 0.5) is 0 Å². The number of hydrogen-bond acceptors (Lipinski definition) is 6. The molecule has 3 aromatic rings. The summed E-state index contributed by atoms with van der Waals surface area (Å²) < 4.78 is 11.1. The van der Waals surface area contributed by atoms with Gasteiger partial charge in [0.25, 0.3) is 5.91 Å². The van der Waals surface area contributed by atoms with Crippen LogP contribution < -0.4 is 4.74 Å². The molecule has 0 spiro atoms. The summed E-state index contributed by atoms with van der Waals surface area (Å²) >= 11 is 0. The molecule has 0 saturated carbocycles. The molecule has 4 rings (SSSR count). The Morgan fingerprint density at radius 1 is 1.27 bits per heavy atom. The van der Waals surface area contributed by atoms with Gasteiger partial charge in [-0.3, -0.25) is 14.6 Å². The van der Waals surface area contributed by atoms with Gasteiger partial charge >= 0.3 is 0 Å². The first-order valence-corrected chi connectivity index (χ1v) is 9.83. The lowest BCUT2D eigenvalue weighted by Crippen LogP contribution is -2.32. The Kier molecular flexibility index (Phi) is 5.27. The molecule has 30 heavy (non-hydrogen) atoms. The van der Waals surface area contributed by atoms with Crippen molar-refractivity contribution in [3.8, 4) is 5.75 Å². The van der Waals surface area contributed by atoms with E-state index in [0.29, 0.717) is 29.0 Å². The van der Waals surface area contributed by atoms with Crippen LogP contribution in [0.5, 0.6) is 5.75 Å². The number of benzene rings is 1. The highest BCUT2D eigenvalue weighted by Crippen LogP contribution is 2.39. The smallest absolute Gasteiger partial charge is 0.290 e. The minimum Gasteiger partial charge on any atom is -0.503 e. The monoisotopic (exact) mass is 406 g/mol. The molecule has 1 aliphatic heterocycles. The lowest BCUT2D eigenvalue weighted by molar-refractivity contribution is -0.129. The van der Waals surface area contributed by atoms with Crippen LogP contribution in [0.15, 0.2) is 64.4 Å². The number of rotatable bonds is 7. The van der Waals surface area contributed by atoms with Crippen molar-refractivity contribution < 1.29 is 23.8 Å². The molecule has 7 heteroatoms. The average molecular weight is 406 g/mol. The maximum atomic E-state index is 13.4. The highest BCUT2D eigenvalue weighted by atomic mass is 16.5. The molecule has 2 aromatic heterocycles. The van der Waals surface area contributed by atoms with Crippen LogP contribution in [0.25, 0.3) is 11.0 Å². The van der Waals surface area contributed by atoms with Crippen LogP contribution in [-0.4, -0.2) is 40.3 Å². The highest BCUT2D eigenvalue weighted by molar-refractivity contribution is 6.16. The number of nitrogens with zero attached hydrogens (tertiary/aromatic N) is 2. The first-order chi connectivity index (χ1) is 14.6. The van der Waals surface area contributed by atoms with Crippen LogP contribution in [0, 0.1) is 0 Å². The molecule has 154 valence electrons. The number of hydrogen-bond donors (Lipinski definition) is 1. The summed E-state index contributed by atoms with van der Waals surface area (Å²) in [5.41, 5.74) is 0.931. The van der Waals surface area contributed by atoms with Gasteiger partial charge in [-0.1, -0.05) is 31.5 Å². The summed E-state index contributed by atoms with van der Waals surface area (Å²) in [5, 5.41) is 11.3. The number of pyridine rings is 1. The van der Waals surface area contributed by atoms with E-state index < -0.39 is 23.5 Å². The lowest BCUT2D eigenvalue weighted by atomic mass is 9.98. The van der Waals surface area contributed by atoms with Gasteiger partial charge in [-0.05, 0) is 30.7 Å². The Morgan fingerprint density at radius 3 is 2.80 bits per heavy atom. The van der Waals surface area contributed by atoms with E-state index in [0.717, 1.165) is 12.8 Å². The van der Waals surface area contributed by atoms with Crippen molar-refractivity contribution in [2.45, 2.75) is 25.8 Å². The number of aliphatic hydroxyl groups is 1. The number of para-hydroxylation sites is 1. The Hall–Kier alpha value is -3.61. The number of methoxy groups -OCH3 is 1. The van der Waals surface area contributed by atoms with Crippen molar-refractivity contribution in [1.82, 2.24) is 9.88 Å². The van der Waals surface area contributed by atoms with Crippen LogP contribution in [-0.2, 0) is 4.79 Å². The Morgan fingerprint density at radius 2 is 2.10 bits per heavy atom. The summed E-state index contributed by atoms with van der Waals surface area (Å²) in [6.45, 7) is 2.42. The van der Waals surface area contributed by atoms with E-state index in [1.807, 2.05) is 6.92 Å². The van der Waals surface area contributed by atoms with Crippen LogP contribution >= 0.6 is 0 Å². The van der Waals surface area contributed by atoms with Gasteiger partial charge in [0.15, 0.2) is 22.9 Å². The fraction of sp³-hybridized carbons (Fsp3) is 0.261. The van der Waals surface area contributed by atoms with Crippen molar-refractivity contribution in [3.05, 3.63) is 71.4 Å². The standard InChI is InChI=1S/C23H22N2O5/c1-3-4-12-25-19(15-9-5-6-11-24-15)18(21(27)23(25)28)20(26)17-13-14-8-7-10-16(29-2)22(14)30-17/h5-11,13,19,27H,3-4,12H2,1-2H3. The van der Waals surface area contributed by atoms with Crippen LogP contribution in [0.3, 0.4) is 0 Å². The second kappa shape index (κ2) is 8.02. The van der Waals surface area contributed by atoms with Crippen molar-refractivity contribution in [1.29, 1.82) is 0 Å². The van der Waals surface area contributed by atoms with Gasteiger partial charge in [-0.15, -0.1) is 0 Å². The van der Waals surface area contributed by atoms with E-state index in [1.54, 1.807) is 48.7 Å². The SMILES string of the molecule is CCCCN1C(=O)C(O)=C(C(=O)c2cc3cccc(OC)c3o2)C1c1ccccn1. The van der Waals surface area contributed by atoms with E-state index >= 15 is 0 Å². The fourth-order valence-corrected chi connectivity index (χ4v) is 3.73. The molecular formula is C23H22N2O5. The molecule has 7 nitrogen and oxygen atoms in total. The second-order valence-electron chi connectivity index (χ2n) is 7.09. The molecule has 1 N–H and O–H groups in total. The predicted octanol–water partition coefficient (Wildman–Crippen LogP) is 4.21. The summed E-state index contributed by atoms with van der Waals surface area (Å²) in [4.78, 5) is 32.1. The Balaban J connectivity index is 1.80. The topological polar surface area (TPSA) is 92.9 Å². The highest BCUT2D eigenvalue weighted by Gasteiger charge is 2.44. The molecule has 1 unspecified atom stereocenters. The number of amides is 1. The molecule has 0 saturated heterocycles. The van der Waals surface area contributed by atoms with E-state index in [4.69, 9.17) is 9.15 Å². The zero-order chi connectivity index (χ0) is 21.3. The largest absolute Gasteiger partial charge is 0.503 e. The van der Waals surface area contributed by atoms with E-state index in [1.165, 1.54) is 12.0 Å². The van der Waals surface area contributed by atoms with Gasteiger partial charge in [0, 0.05) is 18.1 Å². The number of unbranched alkanes of at least 4 members (excludes halogenated alkanes) is 1. The fourth-order valence-electron chi connectivity index (χ4n) is 3.73. The lowest BCUT2D eigenvalue weighted by Gasteiger charge is -2.25. The Labute approximate surface area is 173 Å². The zero-order valence-electron chi connectivity index (χ0n) is 16.8. The molecule has 0 aliphatic carbocycles. The van der Waals surface area contributed by atoms with Crippen molar-refractivity contribution in [2.75, 3.05) is 13.7 Å². The third-order valence-corrected chi connectivity index (χ3v) is 5.22. The molecule has 1 atom stereocenters. The third-order valence-electron chi connectivity index (χ3n) is 5.22. The predicted molar refractivity (Wildman–Crippen MR) is 110 cm³/mol. The number of aliphatic hydroxyl groups excluding tert-OH is 1. The zero-order valence-corrected chi connectivity index (χ0v) is 16.8. The summed E-state index contributed by atoms with van der Waals surface area (Å²) in [7, 11) is 1.52. The first kappa shape index (κ1) is 19.7. The van der Waals surface area contributed by atoms with E-state index in [9.17, 15) is 14.7 Å². The van der Waals surface area contributed by atoms with Gasteiger partial charge in [0.2, 0.25) is 5.78 Å². The van der Waals surface area contributed by atoms with E-state index in [2.05, 4.69) is 4.98 Å². The number of ether oxygens (including phenoxy) is 1. The molecule has 1 aromatic carbocycles. The molecule has 1 aliphatic rings. The van der Waals surface area contributed by atoms with Crippen LogP contribution in [0.2, 0.25) is 0 Å². The number of carbonyl (C=O) groups is 2. The van der Waals surface area contributed by atoms with E-state index in [-0.39, 0.29) is 11.3 Å². The maximum absolute atomic E-state index is 13.4. The molecule has 1 amide bonds. The van der Waals surface area contributed by atoms with Gasteiger partial charge in [-0.25, -0.2) is 0 Å². The number of fused-ring (bicyclic) bond motifs is 1. The molecule has 3 heterocycles. The summed E-state index contributed by atoms with van der Waals surface area (Å²) in [6.07, 6.45) is 3.21. The van der Waals surface area contributed by atoms with Gasteiger partial charge in [0.1, 0.15) is 6.04 Å².